The number of sulfonamides is 1. The highest BCUT2D eigenvalue weighted by atomic mass is 32.2. The zero-order valence-electron chi connectivity index (χ0n) is 11.6. The van der Waals surface area contributed by atoms with Gasteiger partial charge in [-0.05, 0) is 36.8 Å². The number of Topliss-reactive ketones (excluding diaryl/α,β-unsaturated/α-hetero) is 1. The number of hydrogen-bond acceptors (Lipinski definition) is 5. The standard InChI is InChI=1S/C15H13NO5S/c1-10(17)11-5-7-14(8-6-11)22(20,21)16-13-4-2-3-12(9-13)15(18)19/h2-9,16H,1H3,(H,18,19)/p-1. The van der Waals surface area contributed by atoms with Crippen molar-refractivity contribution in [2.45, 2.75) is 11.8 Å². The maximum absolute atomic E-state index is 12.2. The largest absolute Gasteiger partial charge is 0.545 e. The van der Waals surface area contributed by atoms with Crippen molar-refractivity contribution in [2.24, 2.45) is 0 Å². The van der Waals surface area contributed by atoms with Crippen LogP contribution < -0.4 is 9.83 Å². The Balaban J connectivity index is 2.29. The molecule has 0 radical (unpaired) electrons. The summed E-state index contributed by atoms with van der Waals surface area (Å²) >= 11 is 0. The van der Waals surface area contributed by atoms with E-state index in [0.717, 1.165) is 6.07 Å². The van der Waals surface area contributed by atoms with Crippen molar-refractivity contribution in [3.05, 3.63) is 59.7 Å². The lowest BCUT2D eigenvalue weighted by atomic mass is 10.2. The number of benzene rings is 2. The van der Waals surface area contributed by atoms with Crippen molar-refractivity contribution in [3.63, 3.8) is 0 Å². The molecule has 0 bridgehead atoms. The van der Waals surface area contributed by atoms with Crippen LogP contribution in [0.2, 0.25) is 0 Å². The Morgan fingerprint density at radius 3 is 2.18 bits per heavy atom. The van der Waals surface area contributed by atoms with Gasteiger partial charge in [0.2, 0.25) is 0 Å². The SMILES string of the molecule is CC(=O)c1ccc(S(=O)(=O)Nc2cccc(C(=O)[O-])c2)cc1. The lowest BCUT2D eigenvalue weighted by Gasteiger charge is -2.10. The fourth-order valence-electron chi connectivity index (χ4n) is 1.79. The first-order valence-electron chi connectivity index (χ1n) is 6.25. The zero-order valence-corrected chi connectivity index (χ0v) is 12.4. The third kappa shape index (κ3) is 3.50. The zero-order chi connectivity index (χ0) is 16.3. The number of ketones is 1. The van der Waals surface area contributed by atoms with Crippen molar-refractivity contribution in [1.82, 2.24) is 0 Å². The smallest absolute Gasteiger partial charge is 0.261 e. The fraction of sp³-hybridized carbons (Fsp3) is 0.0667. The Labute approximate surface area is 127 Å². The van der Waals surface area contributed by atoms with Crippen LogP contribution in [0.25, 0.3) is 0 Å². The normalized spacial score (nSPS) is 11.0. The van der Waals surface area contributed by atoms with Gasteiger partial charge in [0.15, 0.2) is 5.78 Å². The van der Waals surface area contributed by atoms with Crippen LogP contribution in [0.1, 0.15) is 27.6 Å². The summed E-state index contributed by atoms with van der Waals surface area (Å²) in [4.78, 5) is 21.9. The summed E-state index contributed by atoms with van der Waals surface area (Å²) in [5.74, 6) is -1.56. The van der Waals surface area contributed by atoms with Gasteiger partial charge in [-0.15, -0.1) is 0 Å². The molecule has 0 atom stereocenters. The van der Waals surface area contributed by atoms with Crippen LogP contribution in [0, 0.1) is 0 Å². The molecule has 0 aliphatic rings. The van der Waals surface area contributed by atoms with Gasteiger partial charge in [0, 0.05) is 11.3 Å². The van der Waals surface area contributed by atoms with E-state index in [4.69, 9.17) is 0 Å². The number of aromatic carboxylic acids is 1. The highest BCUT2D eigenvalue weighted by Gasteiger charge is 2.14. The lowest BCUT2D eigenvalue weighted by Crippen LogP contribution is -2.22. The molecule has 0 amide bonds. The number of anilines is 1. The first-order chi connectivity index (χ1) is 10.3. The second kappa shape index (κ2) is 5.98. The summed E-state index contributed by atoms with van der Waals surface area (Å²) in [5, 5.41) is 10.8. The number of carbonyl (C=O) groups is 2. The molecule has 0 unspecified atom stereocenters. The van der Waals surface area contributed by atoms with E-state index in [-0.39, 0.29) is 21.9 Å². The summed E-state index contributed by atoms with van der Waals surface area (Å²) in [6, 6.07) is 10.7. The van der Waals surface area contributed by atoms with Gasteiger partial charge in [0.1, 0.15) is 0 Å². The van der Waals surface area contributed by atoms with Gasteiger partial charge >= 0.3 is 0 Å². The second-order valence-corrected chi connectivity index (χ2v) is 6.24. The van der Waals surface area contributed by atoms with Crippen LogP contribution in [0.5, 0.6) is 0 Å². The first-order valence-corrected chi connectivity index (χ1v) is 7.73. The molecule has 2 aromatic rings. The minimum absolute atomic E-state index is 0.0312. The summed E-state index contributed by atoms with van der Waals surface area (Å²) in [6.07, 6.45) is 0. The van der Waals surface area contributed by atoms with E-state index in [9.17, 15) is 23.1 Å². The molecule has 0 saturated heterocycles. The maximum Gasteiger partial charge on any atom is 0.261 e. The van der Waals surface area contributed by atoms with E-state index in [1.54, 1.807) is 0 Å². The minimum atomic E-state index is -3.87. The molecule has 114 valence electrons. The molecule has 0 fully saturated rings. The van der Waals surface area contributed by atoms with Crippen LogP contribution in [-0.2, 0) is 10.0 Å². The van der Waals surface area contributed by atoms with E-state index in [1.165, 1.54) is 49.4 Å². The number of carboxylic acids is 1. The Morgan fingerprint density at radius 2 is 1.64 bits per heavy atom. The molecule has 0 aliphatic heterocycles. The summed E-state index contributed by atoms with van der Waals surface area (Å²) in [5.41, 5.74) is 0.377. The predicted octanol–water partition coefficient (Wildman–Crippen LogP) is 1.05. The third-order valence-electron chi connectivity index (χ3n) is 2.92. The molecule has 1 N–H and O–H groups in total. The lowest BCUT2D eigenvalue weighted by molar-refractivity contribution is -0.255. The fourth-order valence-corrected chi connectivity index (χ4v) is 2.84. The molecule has 0 aliphatic carbocycles. The van der Waals surface area contributed by atoms with Gasteiger partial charge in [-0.2, -0.15) is 0 Å². The molecule has 0 spiro atoms. The average molecular weight is 318 g/mol. The van der Waals surface area contributed by atoms with Crippen molar-refractivity contribution < 1.29 is 23.1 Å². The molecule has 2 rings (SSSR count). The molecular weight excluding hydrogens is 306 g/mol. The monoisotopic (exact) mass is 318 g/mol. The molecular formula is C15H12NO5S-. The Morgan fingerprint density at radius 1 is 1.00 bits per heavy atom. The van der Waals surface area contributed by atoms with Crippen LogP contribution in [0.3, 0.4) is 0 Å². The molecule has 6 nitrogen and oxygen atoms in total. The Kier molecular flexibility index (Phi) is 4.27. The highest BCUT2D eigenvalue weighted by Crippen LogP contribution is 2.17. The van der Waals surface area contributed by atoms with Crippen LogP contribution >= 0.6 is 0 Å². The molecule has 22 heavy (non-hydrogen) atoms. The van der Waals surface area contributed by atoms with Crippen molar-refractivity contribution >= 4 is 27.5 Å². The summed E-state index contributed by atoms with van der Waals surface area (Å²) < 4.78 is 26.7. The van der Waals surface area contributed by atoms with Crippen molar-refractivity contribution in [3.8, 4) is 0 Å². The van der Waals surface area contributed by atoms with E-state index in [1.807, 2.05) is 0 Å². The summed E-state index contributed by atoms with van der Waals surface area (Å²) in [6.45, 7) is 1.38. The molecule has 0 saturated carbocycles. The summed E-state index contributed by atoms with van der Waals surface area (Å²) in [7, 11) is -3.87. The molecule has 0 heterocycles. The van der Waals surface area contributed by atoms with Gasteiger partial charge in [0.25, 0.3) is 10.0 Å². The van der Waals surface area contributed by atoms with Crippen LogP contribution in [-0.4, -0.2) is 20.2 Å². The van der Waals surface area contributed by atoms with E-state index in [0.29, 0.717) is 5.56 Å². The first kappa shape index (κ1) is 15.7. The van der Waals surface area contributed by atoms with Crippen LogP contribution in [0.4, 0.5) is 5.69 Å². The number of hydrogen-bond donors (Lipinski definition) is 1. The average Bonchev–Trinajstić information content (AvgIpc) is 2.47. The van der Waals surface area contributed by atoms with Gasteiger partial charge in [0.05, 0.1) is 10.9 Å². The van der Waals surface area contributed by atoms with Crippen molar-refractivity contribution in [2.75, 3.05) is 4.72 Å². The topological polar surface area (TPSA) is 103 Å². The quantitative estimate of drug-likeness (QED) is 0.830. The Hall–Kier alpha value is -2.67. The maximum atomic E-state index is 12.2. The minimum Gasteiger partial charge on any atom is -0.545 e. The second-order valence-electron chi connectivity index (χ2n) is 4.55. The predicted molar refractivity (Wildman–Crippen MR) is 78.0 cm³/mol. The highest BCUT2D eigenvalue weighted by molar-refractivity contribution is 7.92. The van der Waals surface area contributed by atoms with Gasteiger partial charge in [-0.25, -0.2) is 8.42 Å². The van der Waals surface area contributed by atoms with E-state index < -0.39 is 16.0 Å². The number of carboxylic acid groups (broad SMARTS) is 1. The number of rotatable bonds is 5. The van der Waals surface area contributed by atoms with E-state index >= 15 is 0 Å². The van der Waals surface area contributed by atoms with Crippen LogP contribution in [0.15, 0.2) is 53.4 Å². The molecule has 0 aromatic heterocycles. The molecule has 2 aromatic carbocycles. The van der Waals surface area contributed by atoms with E-state index in [2.05, 4.69) is 4.72 Å². The van der Waals surface area contributed by atoms with Gasteiger partial charge < -0.3 is 9.90 Å². The Bertz CT molecular complexity index is 825. The van der Waals surface area contributed by atoms with Gasteiger partial charge in [-0.3, -0.25) is 9.52 Å². The molecule has 7 heteroatoms. The number of nitrogens with one attached hydrogen (secondary N) is 1. The van der Waals surface area contributed by atoms with Crippen molar-refractivity contribution in [1.29, 1.82) is 0 Å². The third-order valence-corrected chi connectivity index (χ3v) is 4.32. The van der Waals surface area contributed by atoms with Gasteiger partial charge in [-0.1, -0.05) is 24.3 Å². The number of carbonyl (C=O) groups excluding carboxylic acids is 2.